The minimum Gasteiger partial charge on any atom is -0.491 e. The predicted octanol–water partition coefficient (Wildman–Crippen LogP) is 0.681. The van der Waals surface area contributed by atoms with Crippen molar-refractivity contribution in [3.63, 3.8) is 0 Å². The molecule has 1 atom stereocenters. The highest BCUT2D eigenvalue weighted by atomic mass is 16.5. The summed E-state index contributed by atoms with van der Waals surface area (Å²) in [5.74, 6) is 0.470. The number of fused-ring (bicyclic) bond motifs is 2. The van der Waals surface area contributed by atoms with Gasteiger partial charge in [-0.05, 0) is 18.2 Å². The summed E-state index contributed by atoms with van der Waals surface area (Å²) in [6, 6.07) is 5.36. The lowest BCUT2D eigenvalue weighted by molar-refractivity contribution is 0.0159. The molecule has 5 nitrogen and oxygen atoms in total. The van der Waals surface area contributed by atoms with Crippen molar-refractivity contribution in [2.75, 3.05) is 33.5 Å². The second kappa shape index (κ2) is 4.26. The number of benzene rings is 1. The van der Waals surface area contributed by atoms with Gasteiger partial charge in [-0.1, -0.05) is 0 Å². The van der Waals surface area contributed by atoms with Crippen LogP contribution in [0.4, 0.5) is 0 Å². The van der Waals surface area contributed by atoms with E-state index in [1.54, 1.807) is 6.07 Å². The first kappa shape index (κ1) is 11.5. The van der Waals surface area contributed by atoms with Crippen LogP contribution >= 0.6 is 0 Å². The number of hydrogen-bond acceptors (Lipinski definition) is 5. The Morgan fingerprint density at radius 1 is 1.44 bits per heavy atom. The summed E-state index contributed by atoms with van der Waals surface area (Å²) in [5, 5.41) is 3.43. The van der Waals surface area contributed by atoms with Gasteiger partial charge in [-0.3, -0.25) is 0 Å². The summed E-state index contributed by atoms with van der Waals surface area (Å²) < 4.78 is 15.9. The highest BCUT2D eigenvalue weighted by Gasteiger charge is 2.42. The Kier molecular flexibility index (Phi) is 2.72. The molecule has 0 amide bonds. The molecule has 1 spiro atoms. The molecule has 0 bridgehead atoms. The van der Waals surface area contributed by atoms with Crippen molar-refractivity contribution in [3.05, 3.63) is 29.3 Å². The SMILES string of the molecule is COC(=O)c1ccc2c(c1)[C@@]1(COCCN1)CO2. The van der Waals surface area contributed by atoms with Crippen LogP contribution in [-0.2, 0) is 15.0 Å². The van der Waals surface area contributed by atoms with Gasteiger partial charge in [0.1, 0.15) is 17.9 Å². The first-order valence-electron chi connectivity index (χ1n) is 5.94. The Morgan fingerprint density at radius 3 is 3.06 bits per heavy atom. The van der Waals surface area contributed by atoms with Crippen LogP contribution in [0.2, 0.25) is 0 Å². The Labute approximate surface area is 105 Å². The number of rotatable bonds is 1. The Balaban J connectivity index is 2.00. The highest BCUT2D eigenvalue weighted by molar-refractivity contribution is 5.90. The number of hydrogen-bond donors (Lipinski definition) is 1. The lowest BCUT2D eigenvalue weighted by Gasteiger charge is -2.33. The molecule has 5 heteroatoms. The molecule has 0 aliphatic carbocycles. The van der Waals surface area contributed by atoms with E-state index in [4.69, 9.17) is 14.2 Å². The van der Waals surface area contributed by atoms with Gasteiger partial charge in [0.05, 0.1) is 25.9 Å². The van der Waals surface area contributed by atoms with Gasteiger partial charge in [-0.25, -0.2) is 4.79 Å². The zero-order chi connectivity index (χ0) is 12.6. The van der Waals surface area contributed by atoms with Gasteiger partial charge in [0.2, 0.25) is 0 Å². The first-order valence-corrected chi connectivity index (χ1v) is 5.94. The predicted molar refractivity (Wildman–Crippen MR) is 63.8 cm³/mol. The zero-order valence-electron chi connectivity index (χ0n) is 10.2. The van der Waals surface area contributed by atoms with Crippen LogP contribution < -0.4 is 10.1 Å². The minimum atomic E-state index is -0.337. The van der Waals surface area contributed by atoms with Crippen LogP contribution in [0, 0.1) is 0 Å². The van der Waals surface area contributed by atoms with Gasteiger partial charge in [0.25, 0.3) is 0 Å². The maximum atomic E-state index is 11.6. The molecule has 18 heavy (non-hydrogen) atoms. The van der Waals surface area contributed by atoms with E-state index in [0.29, 0.717) is 25.4 Å². The number of esters is 1. The molecule has 0 saturated carbocycles. The molecule has 3 rings (SSSR count). The maximum absolute atomic E-state index is 11.6. The molecular weight excluding hydrogens is 234 g/mol. The van der Waals surface area contributed by atoms with Gasteiger partial charge < -0.3 is 19.5 Å². The van der Waals surface area contributed by atoms with Crippen molar-refractivity contribution in [1.82, 2.24) is 5.32 Å². The third-order valence-corrected chi connectivity index (χ3v) is 3.45. The minimum absolute atomic E-state index is 0.322. The molecular formula is C13H15NO4. The Bertz CT molecular complexity index is 474. The van der Waals surface area contributed by atoms with Crippen molar-refractivity contribution >= 4 is 5.97 Å². The van der Waals surface area contributed by atoms with Gasteiger partial charge in [0, 0.05) is 12.1 Å². The van der Waals surface area contributed by atoms with Crippen LogP contribution in [0.3, 0.4) is 0 Å². The fraction of sp³-hybridized carbons (Fsp3) is 0.462. The number of ether oxygens (including phenoxy) is 3. The summed E-state index contributed by atoms with van der Waals surface area (Å²) in [5.41, 5.74) is 1.19. The van der Waals surface area contributed by atoms with Crippen LogP contribution in [-0.4, -0.2) is 39.4 Å². The third kappa shape index (κ3) is 1.67. The van der Waals surface area contributed by atoms with E-state index in [1.807, 2.05) is 12.1 Å². The number of methoxy groups -OCH3 is 1. The lowest BCUT2D eigenvalue weighted by Crippen LogP contribution is -2.52. The topological polar surface area (TPSA) is 56.8 Å². The summed E-state index contributed by atoms with van der Waals surface area (Å²) >= 11 is 0. The van der Waals surface area contributed by atoms with E-state index >= 15 is 0 Å². The van der Waals surface area contributed by atoms with E-state index in [0.717, 1.165) is 17.9 Å². The second-order valence-corrected chi connectivity index (χ2v) is 4.55. The van der Waals surface area contributed by atoms with Gasteiger partial charge in [0.15, 0.2) is 0 Å². The third-order valence-electron chi connectivity index (χ3n) is 3.45. The monoisotopic (exact) mass is 249 g/mol. The molecule has 0 radical (unpaired) electrons. The summed E-state index contributed by atoms with van der Waals surface area (Å²) in [4.78, 5) is 11.6. The Hall–Kier alpha value is -1.59. The number of carbonyl (C=O) groups excluding carboxylic acids is 1. The molecule has 0 unspecified atom stereocenters. The zero-order valence-corrected chi connectivity index (χ0v) is 10.2. The molecule has 96 valence electrons. The number of nitrogens with one attached hydrogen (secondary N) is 1. The molecule has 1 saturated heterocycles. The number of morpholine rings is 1. The fourth-order valence-electron chi connectivity index (χ4n) is 2.48. The van der Waals surface area contributed by atoms with Gasteiger partial charge >= 0.3 is 5.97 Å². The average Bonchev–Trinajstić information content (AvgIpc) is 2.77. The molecule has 1 fully saturated rings. The van der Waals surface area contributed by atoms with E-state index in [1.165, 1.54) is 7.11 Å². The highest BCUT2D eigenvalue weighted by Crippen LogP contribution is 2.38. The molecule has 1 aromatic carbocycles. The van der Waals surface area contributed by atoms with Crippen molar-refractivity contribution in [1.29, 1.82) is 0 Å². The van der Waals surface area contributed by atoms with E-state index < -0.39 is 0 Å². The molecule has 0 aromatic heterocycles. The average molecular weight is 249 g/mol. The summed E-state index contributed by atoms with van der Waals surface area (Å²) in [6.45, 7) is 2.58. The van der Waals surface area contributed by atoms with Crippen molar-refractivity contribution < 1.29 is 19.0 Å². The first-order chi connectivity index (χ1) is 8.75. The van der Waals surface area contributed by atoms with E-state index in [-0.39, 0.29) is 11.5 Å². The fourth-order valence-corrected chi connectivity index (χ4v) is 2.48. The van der Waals surface area contributed by atoms with Crippen LogP contribution in [0.5, 0.6) is 5.75 Å². The van der Waals surface area contributed by atoms with Crippen LogP contribution in [0.25, 0.3) is 0 Å². The van der Waals surface area contributed by atoms with Crippen molar-refractivity contribution in [2.24, 2.45) is 0 Å². The molecule has 1 N–H and O–H groups in total. The summed E-state index contributed by atoms with van der Waals surface area (Å²) in [7, 11) is 1.38. The largest absolute Gasteiger partial charge is 0.491 e. The normalized spacial score (nSPS) is 25.6. The standard InChI is InChI=1S/C13H15NO4/c1-16-12(15)9-2-3-11-10(6-9)13(8-18-11)7-17-5-4-14-13/h2-3,6,14H,4-5,7-8H2,1H3/t13-/m1/s1. The molecule has 1 aromatic rings. The Morgan fingerprint density at radius 2 is 2.33 bits per heavy atom. The van der Waals surface area contributed by atoms with E-state index in [2.05, 4.69) is 5.32 Å². The van der Waals surface area contributed by atoms with Crippen LogP contribution in [0.15, 0.2) is 18.2 Å². The van der Waals surface area contributed by atoms with Crippen LogP contribution in [0.1, 0.15) is 15.9 Å². The molecule has 2 heterocycles. The van der Waals surface area contributed by atoms with Crippen molar-refractivity contribution in [3.8, 4) is 5.75 Å². The lowest BCUT2D eigenvalue weighted by atomic mass is 9.90. The quantitative estimate of drug-likeness (QED) is 0.742. The number of carbonyl (C=O) groups is 1. The molecule has 2 aliphatic heterocycles. The van der Waals surface area contributed by atoms with Gasteiger partial charge in [-0.15, -0.1) is 0 Å². The van der Waals surface area contributed by atoms with E-state index in [9.17, 15) is 4.79 Å². The maximum Gasteiger partial charge on any atom is 0.337 e. The second-order valence-electron chi connectivity index (χ2n) is 4.55. The molecule has 2 aliphatic rings. The van der Waals surface area contributed by atoms with Gasteiger partial charge in [-0.2, -0.15) is 0 Å². The van der Waals surface area contributed by atoms with Crippen molar-refractivity contribution in [2.45, 2.75) is 5.54 Å². The summed E-state index contributed by atoms with van der Waals surface area (Å²) in [6.07, 6.45) is 0. The smallest absolute Gasteiger partial charge is 0.337 e.